The maximum atomic E-state index is 12.2. The molecule has 0 bridgehead atoms. The minimum atomic E-state index is -4.96. The van der Waals surface area contributed by atoms with Crippen molar-refractivity contribution in [3.63, 3.8) is 0 Å². The van der Waals surface area contributed by atoms with Crippen LogP contribution in [0.15, 0.2) is 12.1 Å². The summed E-state index contributed by atoms with van der Waals surface area (Å²) in [7, 11) is 0. The van der Waals surface area contributed by atoms with Crippen LogP contribution in [0.4, 0.5) is 18.8 Å². The summed E-state index contributed by atoms with van der Waals surface area (Å²) in [5, 5.41) is 0. The lowest BCUT2D eigenvalue weighted by atomic mass is 9.79. The standard InChI is InChI=1S/C6H7BF3N2/c1-4-5(7(8,9)10)2-3-6(11)12-4/h2-3H,1H3,(H2,11,12)/q-1. The quantitative estimate of drug-likeness (QED) is 0.647. The van der Waals surface area contributed by atoms with Crippen molar-refractivity contribution >= 4 is 18.3 Å². The van der Waals surface area contributed by atoms with Gasteiger partial charge in [-0.05, 0) is 13.0 Å². The Bertz CT molecular complexity index is 297. The summed E-state index contributed by atoms with van der Waals surface area (Å²) in [4.78, 5) is 3.51. The molecule has 1 rings (SSSR count). The average molecular weight is 175 g/mol. The van der Waals surface area contributed by atoms with E-state index >= 15 is 0 Å². The van der Waals surface area contributed by atoms with Gasteiger partial charge >= 0.3 is 6.98 Å². The molecule has 0 amide bonds. The molecule has 0 aliphatic rings. The number of hydrogen-bond donors (Lipinski definition) is 1. The van der Waals surface area contributed by atoms with E-state index in [-0.39, 0.29) is 11.5 Å². The smallest absolute Gasteiger partial charge is 0.445 e. The SMILES string of the molecule is Cc1nc(N)ccc1[B-](F)(F)F. The molecular weight excluding hydrogens is 168 g/mol. The van der Waals surface area contributed by atoms with Gasteiger partial charge in [-0.1, -0.05) is 11.5 Å². The lowest BCUT2D eigenvalue weighted by Crippen LogP contribution is -2.36. The molecule has 0 saturated heterocycles. The van der Waals surface area contributed by atoms with Gasteiger partial charge in [-0.25, -0.2) is 4.98 Å². The van der Waals surface area contributed by atoms with Gasteiger partial charge in [-0.3, -0.25) is 0 Å². The molecule has 0 atom stereocenters. The Morgan fingerprint density at radius 1 is 1.33 bits per heavy atom. The highest BCUT2D eigenvalue weighted by atomic mass is 19.4. The Hall–Kier alpha value is -1.20. The minimum Gasteiger partial charge on any atom is -0.445 e. The van der Waals surface area contributed by atoms with Crippen molar-refractivity contribution in [2.75, 3.05) is 5.73 Å². The molecule has 2 nitrogen and oxygen atoms in total. The average Bonchev–Trinajstić information content (AvgIpc) is 1.83. The van der Waals surface area contributed by atoms with Gasteiger partial charge in [0, 0.05) is 5.69 Å². The molecule has 1 heterocycles. The number of nitrogen functional groups attached to an aromatic ring is 1. The van der Waals surface area contributed by atoms with Gasteiger partial charge < -0.3 is 18.7 Å². The third-order valence-corrected chi connectivity index (χ3v) is 1.50. The van der Waals surface area contributed by atoms with Crippen molar-refractivity contribution in [3.8, 4) is 0 Å². The maximum Gasteiger partial charge on any atom is 0.511 e. The molecule has 0 aliphatic heterocycles. The predicted octanol–water partition coefficient (Wildman–Crippen LogP) is 1.03. The number of halogens is 3. The molecule has 0 radical (unpaired) electrons. The summed E-state index contributed by atoms with van der Waals surface area (Å²) >= 11 is 0. The second-order valence-electron chi connectivity index (χ2n) is 2.49. The van der Waals surface area contributed by atoms with Crippen molar-refractivity contribution in [2.24, 2.45) is 0 Å². The number of aryl methyl sites for hydroxylation is 1. The molecule has 12 heavy (non-hydrogen) atoms. The van der Waals surface area contributed by atoms with E-state index in [9.17, 15) is 12.9 Å². The maximum absolute atomic E-state index is 12.2. The van der Waals surface area contributed by atoms with Crippen LogP contribution in [0, 0.1) is 6.92 Å². The summed E-state index contributed by atoms with van der Waals surface area (Å²) in [5.74, 6) is 0.108. The topological polar surface area (TPSA) is 38.9 Å². The van der Waals surface area contributed by atoms with Gasteiger partial charge in [0.25, 0.3) is 0 Å². The van der Waals surface area contributed by atoms with Crippen molar-refractivity contribution in [2.45, 2.75) is 6.92 Å². The van der Waals surface area contributed by atoms with Crippen LogP contribution in [0.5, 0.6) is 0 Å². The van der Waals surface area contributed by atoms with Crippen LogP contribution in [-0.4, -0.2) is 12.0 Å². The van der Waals surface area contributed by atoms with Gasteiger partial charge in [0.1, 0.15) is 5.82 Å². The monoisotopic (exact) mass is 175 g/mol. The Morgan fingerprint density at radius 2 is 1.92 bits per heavy atom. The molecule has 0 spiro atoms. The Morgan fingerprint density at radius 3 is 2.33 bits per heavy atom. The van der Waals surface area contributed by atoms with Gasteiger partial charge in [0.15, 0.2) is 0 Å². The Balaban J connectivity index is 3.19. The molecular formula is C6H7BF3N2-. The second-order valence-corrected chi connectivity index (χ2v) is 2.49. The Labute approximate surface area is 67.7 Å². The van der Waals surface area contributed by atoms with Gasteiger partial charge in [0.2, 0.25) is 0 Å². The second kappa shape index (κ2) is 2.69. The number of nitrogens with zero attached hydrogens (tertiary/aromatic N) is 1. The molecule has 1 aromatic rings. The predicted molar refractivity (Wildman–Crippen MR) is 42.1 cm³/mol. The van der Waals surface area contributed by atoms with E-state index in [4.69, 9.17) is 5.73 Å². The van der Waals surface area contributed by atoms with E-state index in [1.807, 2.05) is 0 Å². The highest BCUT2D eigenvalue weighted by molar-refractivity contribution is 6.73. The zero-order valence-electron chi connectivity index (χ0n) is 6.39. The molecule has 6 heteroatoms. The van der Waals surface area contributed by atoms with Crippen LogP contribution in [0.1, 0.15) is 5.69 Å². The highest BCUT2D eigenvalue weighted by Crippen LogP contribution is 2.11. The van der Waals surface area contributed by atoms with Crippen LogP contribution >= 0.6 is 0 Å². The summed E-state index contributed by atoms with van der Waals surface area (Å²) in [6, 6.07) is 2.11. The molecule has 0 unspecified atom stereocenters. The van der Waals surface area contributed by atoms with E-state index in [0.29, 0.717) is 0 Å². The van der Waals surface area contributed by atoms with E-state index in [2.05, 4.69) is 4.98 Å². The first-order valence-corrected chi connectivity index (χ1v) is 3.34. The fourth-order valence-corrected chi connectivity index (χ4v) is 0.937. The normalized spacial score (nSPS) is 11.7. The van der Waals surface area contributed by atoms with Crippen LogP contribution in [0.2, 0.25) is 0 Å². The van der Waals surface area contributed by atoms with Crippen LogP contribution in [-0.2, 0) is 0 Å². The number of anilines is 1. The number of aromatic nitrogens is 1. The minimum absolute atomic E-state index is 0.0671. The van der Waals surface area contributed by atoms with Crippen LogP contribution in [0.3, 0.4) is 0 Å². The highest BCUT2D eigenvalue weighted by Gasteiger charge is 2.27. The van der Waals surface area contributed by atoms with Gasteiger partial charge in [0.05, 0.1) is 0 Å². The van der Waals surface area contributed by atoms with Crippen molar-refractivity contribution in [1.82, 2.24) is 4.98 Å². The van der Waals surface area contributed by atoms with Gasteiger partial charge in [-0.2, -0.15) is 0 Å². The summed E-state index contributed by atoms with van der Waals surface area (Å²) < 4.78 is 36.5. The van der Waals surface area contributed by atoms with Crippen LogP contribution < -0.4 is 11.2 Å². The number of rotatable bonds is 1. The van der Waals surface area contributed by atoms with Crippen LogP contribution in [0.25, 0.3) is 0 Å². The fourth-order valence-electron chi connectivity index (χ4n) is 0.937. The van der Waals surface area contributed by atoms with Crippen molar-refractivity contribution < 1.29 is 12.9 Å². The zero-order valence-corrected chi connectivity index (χ0v) is 6.39. The fraction of sp³-hybridized carbons (Fsp3) is 0.167. The first kappa shape index (κ1) is 8.90. The number of hydrogen-bond acceptors (Lipinski definition) is 2. The largest absolute Gasteiger partial charge is 0.511 e. The Kier molecular flexibility index (Phi) is 2.00. The summed E-state index contributed by atoms with van der Waals surface area (Å²) in [6.45, 7) is -3.67. The van der Waals surface area contributed by atoms with E-state index in [1.165, 1.54) is 6.92 Å². The third kappa shape index (κ3) is 1.69. The van der Waals surface area contributed by atoms with E-state index < -0.39 is 12.4 Å². The zero-order chi connectivity index (χ0) is 9.35. The molecule has 0 saturated carbocycles. The van der Waals surface area contributed by atoms with Gasteiger partial charge in [-0.15, -0.1) is 0 Å². The number of nitrogens with two attached hydrogens (primary N) is 1. The molecule has 0 fully saturated rings. The van der Waals surface area contributed by atoms with Crippen molar-refractivity contribution in [3.05, 3.63) is 17.8 Å². The lowest BCUT2D eigenvalue weighted by molar-refractivity contribution is 0.500. The van der Waals surface area contributed by atoms with E-state index in [0.717, 1.165) is 12.1 Å². The summed E-state index contributed by atoms with van der Waals surface area (Å²) in [6.07, 6.45) is 0. The summed E-state index contributed by atoms with van der Waals surface area (Å²) in [5.41, 5.74) is 4.46. The molecule has 1 aromatic heterocycles. The molecule has 0 aromatic carbocycles. The third-order valence-electron chi connectivity index (χ3n) is 1.50. The first-order valence-electron chi connectivity index (χ1n) is 3.34. The lowest BCUT2D eigenvalue weighted by Gasteiger charge is -2.16. The molecule has 0 aliphatic carbocycles. The molecule has 66 valence electrons. The number of pyridine rings is 1. The van der Waals surface area contributed by atoms with Crippen molar-refractivity contribution in [1.29, 1.82) is 0 Å². The molecule has 2 N–H and O–H groups in total. The van der Waals surface area contributed by atoms with E-state index in [1.54, 1.807) is 0 Å². The first-order chi connectivity index (χ1) is 5.41.